The minimum Gasteiger partial charge on any atom is -0.508 e. The van der Waals surface area contributed by atoms with E-state index in [1.165, 1.54) is 18.1 Å². The van der Waals surface area contributed by atoms with Gasteiger partial charge in [-0.1, -0.05) is 18.2 Å². The number of ketones is 1. The van der Waals surface area contributed by atoms with Gasteiger partial charge < -0.3 is 9.84 Å². The molecule has 4 aliphatic rings. The Morgan fingerprint density at radius 3 is 2.96 bits per heavy atom. The first kappa shape index (κ1) is 16.1. The largest absolute Gasteiger partial charge is 0.508 e. The normalized spacial score (nSPS) is 39.3. The molecular formula is C22H24O4. The van der Waals surface area contributed by atoms with E-state index < -0.39 is 0 Å². The van der Waals surface area contributed by atoms with E-state index in [0.717, 1.165) is 25.7 Å². The average Bonchev–Trinajstić information content (AvgIpc) is 3.06. The molecule has 4 heteroatoms. The number of allylic oxidation sites excluding steroid dienone is 2. The molecule has 0 heterocycles. The van der Waals surface area contributed by atoms with Crippen LogP contribution >= 0.6 is 0 Å². The molecule has 26 heavy (non-hydrogen) atoms. The lowest BCUT2D eigenvalue weighted by molar-refractivity contribution is -0.152. The number of rotatable bonds is 2. The minimum atomic E-state index is -0.264. The van der Waals surface area contributed by atoms with E-state index in [1.807, 2.05) is 6.07 Å². The summed E-state index contributed by atoms with van der Waals surface area (Å²) in [5.41, 5.74) is 2.16. The minimum absolute atomic E-state index is 0.0935. The third kappa shape index (κ3) is 1.85. The van der Waals surface area contributed by atoms with Crippen LogP contribution in [0.25, 0.3) is 0 Å². The standard InChI is InChI=1S/C22H24O4/c1-13(23)26-12-22-8-6-17-16-4-3-15(24)10-14(16)2-5-18(17)21(22)9-7-19(22)20(25)11-21/h3-4,7,9-10,17-19,24H,2,5-6,8,11-12H2,1H3/t17-,18-,19-,21+,22+/m1/s1. The lowest BCUT2D eigenvalue weighted by Gasteiger charge is -2.55. The van der Waals surface area contributed by atoms with Crippen molar-refractivity contribution in [3.63, 3.8) is 0 Å². The third-order valence-electron chi connectivity index (χ3n) is 7.75. The number of aromatic hydroxyl groups is 1. The van der Waals surface area contributed by atoms with E-state index in [0.29, 0.717) is 36.4 Å². The number of benzene rings is 1. The number of hydrogen-bond donors (Lipinski definition) is 1. The Kier molecular flexibility index (Phi) is 3.23. The first-order chi connectivity index (χ1) is 12.5. The number of phenolic OH excluding ortho intramolecular Hbond substituents is 1. The number of hydrogen-bond acceptors (Lipinski definition) is 4. The number of Topliss-reactive ketones (excluding diaryl/α,β-unsaturated/α-hetero) is 1. The lowest BCUT2D eigenvalue weighted by Crippen LogP contribution is -2.51. The highest BCUT2D eigenvalue weighted by Gasteiger charge is 2.70. The van der Waals surface area contributed by atoms with Crippen molar-refractivity contribution in [2.75, 3.05) is 6.61 Å². The number of esters is 1. The van der Waals surface area contributed by atoms with Crippen LogP contribution in [0.1, 0.15) is 49.7 Å². The van der Waals surface area contributed by atoms with Crippen LogP contribution in [0, 0.1) is 22.7 Å². The molecule has 0 aromatic heterocycles. The quantitative estimate of drug-likeness (QED) is 0.653. The zero-order valence-corrected chi connectivity index (χ0v) is 15.0. The summed E-state index contributed by atoms with van der Waals surface area (Å²) in [5, 5.41) is 9.83. The van der Waals surface area contributed by atoms with Gasteiger partial charge in [0.25, 0.3) is 0 Å². The van der Waals surface area contributed by atoms with E-state index in [1.54, 1.807) is 6.07 Å². The molecule has 0 amide bonds. The van der Waals surface area contributed by atoms with Crippen LogP contribution in [0.5, 0.6) is 5.75 Å². The van der Waals surface area contributed by atoms with E-state index in [4.69, 9.17) is 4.74 Å². The fourth-order valence-electron chi connectivity index (χ4n) is 6.78. The Labute approximate surface area is 153 Å². The summed E-state index contributed by atoms with van der Waals surface area (Å²) in [4.78, 5) is 24.3. The van der Waals surface area contributed by atoms with Crippen LogP contribution in [0.3, 0.4) is 0 Å². The average molecular weight is 352 g/mol. The molecule has 0 aliphatic heterocycles. The second kappa shape index (κ2) is 5.21. The molecule has 0 spiro atoms. The first-order valence-electron chi connectivity index (χ1n) is 9.64. The van der Waals surface area contributed by atoms with Gasteiger partial charge in [-0.3, -0.25) is 9.59 Å². The molecule has 0 radical (unpaired) electrons. The van der Waals surface area contributed by atoms with Gasteiger partial charge in [0.15, 0.2) is 0 Å². The van der Waals surface area contributed by atoms with Crippen LogP contribution in [0.4, 0.5) is 0 Å². The van der Waals surface area contributed by atoms with E-state index in [-0.39, 0.29) is 22.7 Å². The van der Waals surface area contributed by atoms with E-state index in [9.17, 15) is 14.7 Å². The summed E-state index contributed by atoms with van der Waals surface area (Å²) in [6, 6.07) is 5.76. The monoisotopic (exact) mass is 352 g/mol. The third-order valence-corrected chi connectivity index (χ3v) is 7.75. The highest BCUT2D eigenvalue weighted by Crippen LogP contribution is 2.72. The van der Waals surface area contributed by atoms with Crippen LogP contribution in [-0.2, 0) is 20.7 Å². The fraction of sp³-hybridized carbons (Fsp3) is 0.545. The van der Waals surface area contributed by atoms with Gasteiger partial charge in [-0.25, -0.2) is 0 Å². The van der Waals surface area contributed by atoms with Gasteiger partial charge in [-0.15, -0.1) is 0 Å². The van der Waals surface area contributed by atoms with Crippen molar-refractivity contribution in [1.82, 2.24) is 0 Å². The summed E-state index contributed by atoms with van der Waals surface area (Å²) in [6.07, 6.45) is 8.86. The lowest BCUT2D eigenvalue weighted by atomic mass is 9.48. The zero-order valence-electron chi connectivity index (χ0n) is 15.0. The van der Waals surface area contributed by atoms with Gasteiger partial charge >= 0.3 is 5.97 Å². The van der Waals surface area contributed by atoms with E-state index in [2.05, 4.69) is 18.2 Å². The van der Waals surface area contributed by atoms with Crippen molar-refractivity contribution in [3.8, 4) is 5.75 Å². The highest BCUT2D eigenvalue weighted by atomic mass is 16.5. The van der Waals surface area contributed by atoms with Crippen molar-refractivity contribution >= 4 is 11.8 Å². The van der Waals surface area contributed by atoms with Crippen molar-refractivity contribution in [1.29, 1.82) is 0 Å². The predicted octanol–water partition coefficient (Wildman–Crippen LogP) is 3.53. The number of carbonyl (C=O) groups is 2. The van der Waals surface area contributed by atoms with Crippen molar-refractivity contribution in [2.45, 2.75) is 44.9 Å². The maximum atomic E-state index is 12.8. The topological polar surface area (TPSA) is 63.6 Å². The van der Waals surface area contributed by atoms with Crippen LogP contribution < -0.4 is 0 Å². The van der Waals surface area contributed by atoms with E-state index >= 15 is 0 Å². The van der Waals surface area contributed by atoms with Crippen molar-refractivity contribution < 1.29 is 19.4 Å². The molecule has 4 nitrogen and oxygen atoms in total. The Bertz CT molecular complexity index is 841. The zero-order chi connectivity index (χ0) is 18.1. The van der Waals surface area contributed by atoms with Crippen LogP contribution in [-0.4, -0.2) is 23.5 Å². The molecule has 4 aliphatic carbocycles. The molecule has 0 saturated heterocycles. The number of carbonyl (C=O) groups excluding carboxylic acids is 2. The van der Waals surface area contributed by atoms with Gasteiger partial charge in [0.1, 0.15) is 11.5 Å². The fourth-order valence-corrected chi connectivity index (χ4v) is 6.78. The molecule has 5 rings (SSSR count). The number of ether oxygens (including phenoxy) is 1. The smallest absolute Gasteiger partial charge is 0.302 e. The van der Waals surface area contributed by atoms with Gasteiger partial charge in [0.2, 0.25) is 0 Å². The molecule has 5 atom stereocenters. The number of phenols is 1. The number of aryl methyl sites for hydroxylation is 1. The Hall–Kier alpha value is -2.10. The molecule has 1 N–H and O–H groups in total. The van der Waals surface area contributed by atoms with Crippen LogP contribution in [0.2, 0.25) is 0 Å². The van der Waals surface area contributed by atoms with Crippen molar-refractivity contribution in [3.05, 3.63) is 41.5 Å². The molecule has 1 aromatic rings. The summed E-state index contributed by atoms with van der Waals surface area (Å²) in [6.45, 7) is 1.81. The molecule has 2 bridgehead atoms. The molecule has 2 fully saturated rings. The molecule has 0 unspecified atom stereocenters. The summed E-state index contributed by atoms with van der Waals surface area (Å²) in [5.74, 6) is 1.11. The van der Waals surface area contributed by atoms with Gasteiger partial charge in [0, 0.05) is 30.1 Å². The molecule has 2 saturated carbocycles. The Balaban J connectivity index is 1.58. The first-order valence-corrected chi connectivity index (χ1v) is 9.64. The second-order valence-electron chi connectivity index (χ2n) is 8.63. The van der Waals surface area contributed by atoms with Gasteiger partial charge in [-0.2, -0.15) is 0 Å². The molecule has 136 valence electrons. The van der Waals surface area contributed by atoms with Crippen LogP contribution in [0.15, 0.2) is 30.4 Å². The summed E-state index contributed by atoms with van der Waals surface area (Å²) in [7, 11) is 0. The van der Waals surface area contributed by atoms with Gasteiger partial charge in [0.05, 0.1) is 6.61 Å². The summed E-state index contributed by atoms with van der Waals surface area (Å²) < 4.78 is 5.51. The van der Waals surface area contributed by atoms with Crippen molar-refractivity contribution in [2.24, 2.45) is 22.7 Å². The predicted molar refractivity (Wildman–Crippen MR) is 95.6 cm³/mol. The Morgan fingerprint density at radius 2 is 2.19 bits per heavy atom. The molecular weight excluding hydrogens is 328 g/mol. The second-order valence-corrected chi connectivity index (χ2v) is 8.63. The number of fused-ring (bicyclic) bond motifs is 3. The maximum absolute atomic E-state index is 12.8. The SMILES string of the molecule is CC(=O)OC[C@]12CC[C@@H]3c4ccc(O)cc4CC[C@H]3[C@@]13C=C[C@@H]2C(=O)C3. The molecule has 1 aromatic carbocycles. The Morgan fingerprint density at radius 1 is 1.35 bits per heavy atom. The highest BCUT2D eigenvalue weighted by molar-refractivity contribution is 5.90. The van der Waals surface area contributed by atoms with Gasteiger partial charge in [-0.05, 0) is 60.8 Å². The maximum Gasteiger partial charge on any atom is 0.302 e. The summed E-state index contributed by atoms with van der Waals surface area (Å²) >= 11 is 0.